The molecule has 0 aliphatic rings. The maximum atomic E-state index is 10.6. The van der Waals surface area contributed by atoms with Crippen LogP contribution >= 0.6 is 11.6 Å². The van der Waals surface area contributed by atoms with Crippen molar-refractivity contribution in [1.82, 2.24) is 0 Å². The molecule has 0 amide bonds. The van der Waals surface area contributed by atoms with Gasteiger partial charge in [0.25, 0.3) is 0 Å². The second-order valence-corrected chi connectivity index (χ2v) is 2.05. The van der Waals surface area contributed by atoms with Gasteiger partial charge in [0.1, 0.15) is 0 Å². The second-order valence-electron chi connectivity index (χ2n) is 1.78. The van der Waals surface area contributed by atoms with Gasteiger partial charge in [0.2, 0.25) is 0 Å². The predicted octanol–water partition coefficient (Wildman–Crippen LogP) is 1.50. The molecule has 0 saturated carbocycles. The van der Waals surface area contributed by atoms with Crippen LogP contribution in [0.15, 0.2) is 24.3 Å². The average molecular weight is 142 g/mol. The van der Waals surface area contributed by atoms with Gasteiger partial charge in [-0.1, -0.05) is 24.3 Å². The lowest BCUT2D eigenvalue weighted by Gasteiger charge is -2.04. The minimum atomic E-state index is 0.0214. The Morgan fingerprint density at radius 2 is 2.22 bits per heavy atom. The number of benzene rings is 1. The lowest BCUT2D eigenvalue weighted by atomic mass is 10.2. The summed E-state index contributed by atoms with van der Waals surface area (Å²) < 4.78 is 0. The van der Waals surface area contributed by atoms with Crippen LogP contribution in [0.3, 0.4) is 0 Å². The van der Waals surface area contributed by atoms with E-state index in [-0.39, 0.29) is 5.75 Å². The number of hydrogen-bond acceptors (Lipinski definition) is 1. The Labute approximate surface area is 58.9 Å². The van der Waals surface area contributed by atoms with Crippen molar-refractivity contribution in [1.29, 1.82) is 0 Å². The van der Waals surface area contributed by atoms with Crippen LogP contribution in [-0.2, 0) is 5.88 Å². The summed E-state index contributed by atoms with van der Waals surface area (Å²) in [5.74, 6) is 0.434. The van der Waals surface area contributed by atoms with Crippen LogP contribution in [0.1, 0.15) is 5.56 Å². The van der Waals surface area contributed by atoms with Crippen LogP contribution < -0.4 is 5.11 Å². The molecule has 1 aromatic carbocycles. The summed E-state index contributed by atoms with van der Waals surface area (Å²) in [6.45, 7) is 0. The van der Waals surface area contributed by atoms with E-state index in [1.54, 1.807) is 6.07 Å². The Bertz CT molecular complexity index is 198. The topological polar surface area (TPSA) is 23.1 Å². The Balaban J connectivity index is 2.94. The van der Waals surface area contributed by atoms with Gasteiger partial charge in [0.05, 0.1) is 0 Å². The van der Waals surface area contributed by atoms with E-state index in [2.05, 4.69) is 0 Å². The van der Waals surface area contributed by atoms with E-state index in [0.29, 0.717) is 5.88 Å². The fraction of sp³-hybridized carbons (Fsp3) is 0.143. The zero-order valence-electron chi connectivity index (χ0n) is 4.80. The minimum absolute atomic E-state index is 0.0214. The zero-order chi connectivity index (χ0) is 6.69. The van der Waals surface area contributed by atoms with Gasteiger partial charge in [0, 0.05) is 5.88 Å². The molecule has 2 heteroatoms. The SMILES string of the molecule is [O-]c1cccc(CCl)c1. The van der Waals surface area contributed by atoms with E-state index in [9.17, 15) is 5.11 Å². The highest BCUT2D eigenvalue weighted by atomic mass is 35.5. The van der Waals surface area contributed by atoms with E-state index in [4.69, 9.17) is 11.6 Å². The molecule has 0 fully saturated rings. The van der Waals surface area contributed by atoms with Crippen LogP contribution in [0.25, 0.3) is 0 Å². The average Bonchev–Trinajstić information content (AvgIpc) is 1.88. The molecule has 0 N–H and O–H groups in total. The molecule has 1 rings (SSSR count). The molecule has 0 atom stereocenters. The first-order chi connectivity index (χ1) is 4.33. The molecule has 0 bridgehead atoms. The summed E-state index contributed by atoms with van der Waals surface area (Å²) in [5, 5.41) is 10.6. The molecule has 1 aromatic rings. The Morgan fingerprint density at radius 1 is 1.44 bits per heavy atom. The third-order valence-electron chi connectivity index (χ3n) is 1.05. The van der Waals surface area contributed by atoms with E-state index in [1.807, 2.05) is 6.07 Å². The van der Waals surface area contributed by atoms with Crippen LogP contribution in [0.2, 0.25) is 0 Å². The first-order valence-corrected chi connectivity index (χ1v) is 3.18. The number of rotatable bonds is 1. The van der Waals surface area contributed by atoms with Gasteiger partial charge in [-0.15, -0.1) is 17.4 Å². The van der Waals surface area contributed by atoms with Crippen molar-refractivity contribution in [2.75, 3.05) is 0 Å². The molecule has 0 heterocycles. The van der Waals surface area contributed by atoms with Crippen molar-refractivity contribution in [3.63, 3.8) is 0 Å². The standard InChI is InChI=1S/C7H7ClO/c8-5-6-2-1-3-7(9)4-6/h1-4,9H,5H2/p-1. The summed E-state index contributed by atoms with van der Waals surface area (Å²) in [4.78, 5) is 0. The molecule has 0 radical (unpaired) electrons. The van der Waals surface area contributed by atoms with Gasteiger partial charge in [-0.2, -0.15) is 0 Å². The van der Waals surface area contributed by atoms with Crippen molar-refractivity contribution < 1.29 is 5.11 Å². The van der Waals surface area contributed by atoms with E-state index >= 15 is 0 Å². The van der Waals surface area contributed by atoms with Gasteiger partial charge in [0.15, 0.2) is 0 Å². The quantitative estimate of drug-likeness (QED) is 0.544. The smallest absolute Gasteiger partial charge is 0.0473 e. The summed E-state index contributed by atoms with van der Waals surface area (Å²) in [6.07, 6.45) is 0. The fourth-order valence-electron chi connectivity index (χ4n) is 0.629. The maximum absolute atomic E-state index is 10.6. The van der Waals surface area contributed by atoms with Crippen LogP contribution in [0.5, 0.6) is 5.75 Å². The third kappa shape index (κ3) is 1.61. The van der Waals surface area contributed by atoms with Gasteiger partial charge in [-0.25, -0.2) is 0 Å². The van der Waals surface area contributed by atoms with Gasteiger partial charge in [-0.3, -0.25) is 0 Å². The Hall–Kier alpha value is -0.690. The normalized spacial score (nSPS) is 9.44. The van der Waals surface area contributed by atoms with Crippen LogP contribution in [-0.4, -0.2) is 0 Å². The monoisotopic (exact) mass is 141 g/mol. The third-order valence-corrected chi connectivity index (χ3v) is 1.36. The summed E-state index contributed by atoms with van der Waals surface area (Å²) in [5.41, 5.74) is 0.879. The predicted molar refractivity (Wildman–Crippen MR) is 35.4 cm³/mol. The molecule has 0 spiro atoms. The van der Waals surface area contributed by atoms with Crippen LogP contribution in [0.4, 0.5) is 0 Å². The minimum Gasteiger partial charge on any atom is -0.872 e. The molecule has 0 saturated heterocycles. The fourth-order valence-corrected chi connectivity index (χ4v) is 0.795. The highest BCUT2D eigenvalue weighted by Crippen LogP contribution is 2.09. The van der Waals surface area contributed by atoms with Crippen molar-refractivity contribution in [3.05, 3.63) is 29.8 Å². The van der Waals surface area contributed by atoms with E-state index in [0.717, 1.165) is 5.56 Å². The summed E-state index contributed by atoms with van der Waals surface area (Å²) in [7, 11) is 0. The maximum Gasteiger partial charge on any atom is 0.0473 e. The van der Waals surface area contributed by atoms with Gasteiger partial charge in [-0.05, 0) is 5.56 Å². The van der Waals surface area contributed by atoms with Gasteiger partial charge >= 0.3 is 0 Å². The molecule has 0 aliphatic carbocycles. The Morgan fingerprint density at radius 3 is 2.67 bits per heavy atom. The molecule has 48 valence electrons. The molecular weight excluding hydrogens is 136 g/mol. The van der Waals surface area contributed by atoms with Gasteiger partial charge < -0.3 is 5.11 Å². The lowest BCUT2D eigenvalue weighted by Crippen LogP contribution is -1.89. The molecule has 0 aromatic heterocycles. The first-order valence-electron chi connectivity index (χ1n) is 2.65. The highest BCUT2D eigenvalue weighted by Gasteiger charge is 1.84. The number of halogens is 1. The van der Waals surface area contributed by atoms with E-state index in [1.165, 1.54) is 12.1 Å². The van der Waals surface area contributed by atoms with Crippen molar-refractivity contribution in [2.45, 2.75) is 5.88 Å². The van der Waals surface area contributed by atoms with E-state index < -0.39 is 0 Å². The first kappa shape index (κ1) is 6.43. The molecule has 9 heavy (non-hydrogen) atoms. The largest absolute Gasteiger partial charge is 0.872 e. The molecule has 1 nitrogen and oxygen atoms in total. The Kier molecular flexibility index (Phi) is 1.96. The molecule has 0 unspecified atom stereocenters. The number of hydrogen-bond donors (Lipinski definition) is 0. The van der Waals surface area contributed by atoms with Crippen LogP contribution in [0, 0.1) is 0 Å². The van der Waals surface area contributed by atoms with Crippen molar-refractivity contribution in [3.8, 4) is 5.75 Å². The zero-order valence-corrected chi connectivity index (χ0v) is 5.56. The highest BCUT2D eigenvalue weighted by molar-refractivity contribution is 6.17. The number of alkyl halides is 1. The summed E-state index contributed by atoms with van der Waals surface area (Å²) >= 11 is 5.46. The summed E-state index contributed by atoms with van der Waals surface area (Å²) in [6, 6.07) is 6.58. The second kappa shape index (κ2) is 2.74. The van der Waals surface area contributed by atoms with Crippen molar-refractivity contribution >= 4 is 11.6 Å². The molecular formula is C7H6ClO-. The van der Waals surface area contributed by atoms with Crippen molar-refractivity contribution in [2.24, 2.45) is 0 Å². The molecule has 0 aliphatic heterocycles. The lowest BCUT2D eigenvalue weighted by molar-refractivity contribution is -0.268.